The number of halogens is 1. The van der Waals surface area contributed by atoms with E-state index in [1.807, 2.05) is 23.1 Å². The van der Waals surface area contributed by atoms with Crippen LogP contribution in [0.4, 0.5) is 10.5 Å². The fraction of sp³-hybridized carbons (Fsp3) is 0.579. The van der Waals surface area contributed by atoms with Gasteiger partial charge in [-0.05, 0) is 63.4 Å². The lowest BCUT2D eigenvalue weighted by Gasteiger charge is -2.34. The summed E-state index contributed by atoms with van der Waals surface area (Å²) in [4.78, 5) is 26.9. The van der Waals surface area contributed by atoms with E-state index in [1.54, 1.807) is 6.07 Å². The molecular weight excluding hydrogens is 352 g/mol. The number of hydrogen-bond donors (Lipinski definition) is 3. The number of anilines is 1. The third kappa shape index (κ3) is 5.61. The molecule has 1 heterocycles. The van der Waals surface area contributed by atoms with E-state index in [4.69, 9.17) is 0 Å². The lowest BCUT2D eigenvalue weighted by Crippen LogP contribution is -2.46. The minimum atomic E-state index is -0.198. The molecule has 1 aliphatic heterocycles. The molecule has 1 aromatic rings. The van der Waals surface area contributed by atoms with Crippen molar-refractivity contribution in [1.82, 2.24) is 15.5 Å². The van der Waals surface area contributed by atoms with Gasteiger partial charge in [-0.2, -0.15) is 0 Å². The van der Waals surface area contributed by atoms with Gasteiger partial charge in [0.25, 0.3) is 5.91 Å². The smallest absolute Gasteiger partial charge is 0.319 e. The molecule has 0 atom stereocenters. The summed E-state index contributed by atoms with van der Waals surface area (Å²) >= 11 is 0. The maximum Gasteiger partial charge on any atom is 0.319 e. The van der Waals surface area contributed by atoms with Crippen molar-refractivity contribution in [3.63, 3.8) is 0 Å². The first-order valence-electron chi connectivity index (χ1n) is 9.36. The van der Waals surface area contributed by atoms with Crippen LogP contribution in [0, 0.1) is 0 Å². The van der Waals surface area contributed by atoms with E-state index in [0.717, 1.165) is 51.7 Å². The van der Waals surface area contributed by atoms with Crippen molar-refractivity contribution >= 4 is 30.0 Å². The van der Waals surface area contributed by atoms with E-state index in [9.17, 15) is 9.59 Å². The number of carbonyl (C=O) groups excluding carboxylic acids is 2. The number of rotatable bonds is 6. The summed E-state index contributed by atoms with van der Waals surface area (Å²) in [5, 5.41) is 9.07. The van der Waals surface area contributed by atoms with Crippen LogP contribution in [0.25, 0.3) is 0 Å². The molecule has 2 aliphatic rings. The van der Waals surface area contributed by atoms with E-state index < -0.39 is 0 Å². The van der Waals surface area contributed by atoms with Crippen molar-refractivity contribution < 1.29 is 9.59 Å². The Balaban J connectivity index is 0.00000243. The second kappa shape index (κ2) is 9.78. The molecule has 26 heavy (non-hydrogen) atoms. The minimum absolute atomic E-state index is 0. The molecule has 0 unspecified atom stereocenters. The monoisotopic (exact) mass is 380 g/mol. The fourth-order valence-electron chi connectivity index (χ4n) is 3.29. The van der Waals surface area contributed by atoms with Crippen molar-refractivity contribution in [3.8, 4) is 0 Å². The third-order valence-corrected chi connectivity index (χ3v) is 4.75. The SMILES string of the molecule is CCCN(C(=O)c1cccc(NC(=O)NC2CC2)c1)C1CCNCC1.Cl. The molecule has 7 heteroatoms. The molecule has 1 aromatic carbocycles. The summed E-state index contributed by atoms with van der Waals surface area (Å²) in [6, 6.07) is 7.66. The van der Waals surface area contributed by atoms with Crippen LogP contribution in [-0.2, 0) is 0 Å². The Bertz CT molecular complexity index is 615. The molecule has 0 bridgehead atoms. The van der Waals surface area contributed by atoms with Crippen molar-refractivity contribution in [2.45, 2.75) is 51.1 Å². The third-order valence-electron chi connectivity index (χ3n) is 4.75. The van der Waals surface area contributed by atoms with Gasteiger partial charge in [0.05, 0.1) is 0 Å². The van der Waals surface area contributed by atoms with Crippen LogP contribution in [0.5, 0.6) is 0 Å². The van der Waals surface area contributed by atoms with Gasteiger partial charge >= 0.3 is 6.03 Å². The van der Waals surface area contributed by atoms with Crippen LogP contribution in [0.15, 0.2) is 24.3 Å². The number of benzene rings is 1. The van der Waals surface area contributed by atoms with E-state index in [-0.39, 0.29) is 24.3 Å². The van der Waals surface area contributed by atoms with Crippen LogP contribution in [0.1, 0.15) is 49.4 Å². The number of hydrogen-bond acceptors (Lipinski definition) is 3. The predicted molar refractivity (Wildman–Crippen MR) is 106 cm³/mol. The Morgan fingerprint density at radius 1 is 1.19 bits per heavy atom. The van der Waals surface area contributed by atoms with Crippen LogP contribution in [0.2, 0.25) is 0 Å². The Kier molecular flexibility index (Phi) is 7.72. The first-order chi connectivity index (χ1) is 12.2. The van der Waals surface area contributed by atoms with Gasteiger partial charge in [-0.15, -0.1) is 12.4 Å². The molecule has 2 fully saturated rings. The number of piperidine rings is 1. The largest absolute Gasteiger partial charge is 0.336 e. The van der Waals surface area contributed by atoms with Crippen molar-refractivity contribution in [1.29, 1.82) is 0 Å². The van der Waals surface area contributed by atoms with Gasteiger partial charge < -0.3 is 20.9 Å². The van der Waals surface area contributed by atoms with Crippen LogP contribution in [-0.4, -0.2) is 48.6 Å². The molecule has 0 spiro atoms. The zero-order valence-electron chi connectivity index (χ0n) is 15.3. The standard InChI is InChI=1S/C19H28N4O2.ClH/c1-2-12-23(17-8-10-20-11-9-17)18(24)14-4-3-5-16(13-14)22-19(25)21-15-6-7-15;/h3-5,13,15,17,20H,2,6-12H2,1H3,(H2,21,22,25);1H. The van der Waals surface area contributed by atoms with Crippen molar-refractivity contribution in [2.24, 2.45) is 0 Å². The Morgan fingerprint density at radius 2 is 1.92 bits per heavy atom. The normalized spacial score (nSPS) is 17.1. The minimum Gasteiger partial charge on any atom is -0.336 e. The lowest BCUT2D eigenvalue weighted by molar-refractivity contribution is 0.0642. The molecule has 6 nitrogen and oxygen atoms in total. The highest BCUT2D eigenvalue weighted by Gasteiger charge is 2.26. The quantitative estimate of drug-likeness (QED) is 0.710. The van der Waals surface area contributed by atoms with Gasteiger partial charge in [0.15, 0.2) is 0 Å². The van der Waals surface area contributed by atoms with Gasteiger partial charge in [-0.3, -0.25) is 4.79 Å². The van der Waals surface area contributed by atoms with E-state index >= 15 is 0 Å². The first-order valence-corrected chi connectivity index (χ1v) is 9.36. The van der Waals surface area contributed by atoms with E-state index in [0.29, 0.717) is 23.3 Å². The van der Waals surface area contributed by atoms with Gasteiger partial charge in [-0.25, -0.2) is 4.79 Å². The topological polar surface area (TPSA) is 73.5 Å². The number of amides is 3. The summed E-state index contributed by atoms with van der Waals surface area (Å²) in [6.45, 7) is 4.78. The molecule has 1 saturated carbocycles. The van der Waals surface area contributed by atoms with E-state index in [1.165, 1.54) is 0 Å². The molecule has 1 aliphatic carbocycles. The molecule has 3 amide bonds. The Labute approximate surface area is 161 Å². The molecule has 144 valence electrons. The van der Waals surface area contributed by atoms with Crippen molar-refractivity contribution in [3.05, 3.63) is 29.8 Å². The summed E-state index contributed by atoms with van der Waals surface area (Å²) < 4.78 is 0. The Morgan fingerprint density at radius 3 is 2.58 bits per heavy atom. The molecule has 3 N–H and O–H groups in total. The lowest BCUT2D eigenvalue weighted by atomic mass is 10.0. The van der Waals surface area contributed by atoms with Gasteiger partial charge in [0.1, 0.15) is 0 Å². The zero-order valence-corrected chi connectivity index (χ0v) is 16.1. The first kappa shape index (κ1) is 20.5. The number of nitrogens with zero attached hydrogens (tertiary/aromatic N) is 1. The maximum atomic E-state index is 13.0. The van der Waals surface area contributed by atoms with E-state index in [2.05, 4.69) is 22.9 Å². The van der Waals surface area contributed by atoms with Crippen LogP contribution >= 0.6 is 12.4 Å². The summed E-state index contributed by atoms with van der Waals surface area (Å²) in [5.74, 6) is 0.0556. The maximum absolute atomic E-state index is 13.0. The summed E-state index contributed by atoms with van der Waals surface area (Å²) in [6.07, 6.45) is 5.03. The van der Waals surface area contributed by atoms with Crippen molar-refractivity contribution in [2.75, 3.05) is 25.0 Å². The average molecular weight is 381 g/mol. The summed E-state index contributed by atoms with van der Waals surface area (Å²) in [7, 11) is 0. The molecule has 1 saturated heterocycles. The highest BCUT2D eigenvalue weighted by atomic mass is 35.5. The second-order valence-electron chi connectivity index (χ2n) is 6.93. The Hall–Kier alpha value is -1.79. The molecule has 0 radical (unpaired) electrons. The van der Waals surface area contributed by atoms with Crippen LogP contribution < -0.4 is 16.0 Å². The molecular formula is C19H29ClN4O2. The van der Waals surface area contributed by atoms with Crippen LogP contribution in [0.3, 0.4) is 0 Å². The molecule has 3 rings (SSSR count). The van der Waals surface area contributed by atoms with Gasteiger partial charge in [-0.1, -0.05) is 13.0 Å². The average Bonchev–Trinajstić information content (AvgIpc) is 3.44. The zero-order chi connectivity index (χ0) is 17.6. The second-order valence-corrected chi connectivity index (χ2v) is 6.93. The van der Waals surface area contributed by atoms with Gasteiger partial charge in [0.2, 0.25) is 0 Å². The highest BCUT2D eigenvalue weighted by molar-refractivity contribution is 5.97. The van der Waals surface area contributed by atoms with Gasteiger partial charge in [0, 0.05) is 29.9 Å². The summed E-state index contributed by atoms with van der Waals surface area (Å²) in [5.41, 5.74) is 1.29. The number of nitrogens with one attached hydrogen (secondary N) is 3. The molecule has 0 aromatic heterocycles. The fourth-order valence-corrected chi connectivity index (χ4v) is 3.29. The predicted octanol–water partition coefficient (Wildman–Crippen LogP) is 3.00. The number of carbonyl (C=O) groups is 2. The number of urea groups is 1. The highest BCUT2D eigenvalue weighted by Crippen LogP contribution is 2.20.